The maximum Gasteiger partial charge on any atom is 0.221 e. The van der Waals surface area contributed by atoms with Crippen molar-refractivity contribution >= 4 is 5.91 Å². The van der Waals surface area contributed by atoms with E-state index in [2.05, 4.69) is 6.92 Å². The molecule has 62 valence electrons. The molecule has 2 fully saturated rings. The van der Waals surface area contributed by atoms with Crippen LogP contribution in [0, 0.1) is 17.3 Å². The number of amides is 1. The first-order valence-electron chi connectivity index (χ1n) is 4.48. The Hall–Kier alpha value is -0.530. The monoisotopic (exact) mass is 153 g/mol. The zero-order chi connectivity index (χ0) is 8.06. The lowest BCUT2D eigenvalue weighted by Gasteiger charge is -2.04. The van der Waals surface area contributed by atoms with Gasteiger partial charge in [-0.25, -0.2) is 0 Å². The molecule has 2 heteroatoms. The SMILES string of the molecule is CC1C(C(N)=O)C12CCCC2. The fourth-order valence-corrected chi connectivity index (χ4v) is 3.03. The maximum atomic E-state index is 11.0. The van der Waals surface area contributed by atoms with E-state index in [0.29, 0.717) is 11.3 Å². The summed E-state index contributed by atoms with van der Waals surface area (Å²) in [6, 6.07) is 0. The second-order valence-corrected chi connectivity index (χ2v) is 4.11. The first-order valence-corrected chi connectivity index (χ1v) is 4.48. The highest BCUT2D eigenvalue weighted by atomic mass is 16.1. The predicted octanol–water partition coefficient (Wildman–Crippen LogP) is 1.30. The van der Waals surface area contributed by atoms with Gasteiger partial charge in [-0.05, 0) is 24.2 Å². The fourth-order valence-electron chi connectivity index (χ4n) is 3.03. The minimum Gasteiger partial charge on any atom is -0.369 e. The van der Waals surface area contributed by atoms with Gasteiger partial charge in [0.1, 0.15) is 0 Å². The lowest BCUT2D eigenvalue weighted by Crippen LogP contribution is -2.17. The van der Waals surface area contributed by atoms with Crippen LogP contribution in [0.25, 0.3) is 0 Å². The third kappa shape index (κ3) is 0.754. The highest BCUT2D eigenvalue weighted by Crippen LogP contribution is 2.67. The van der Waals surface area contributed by atoms with Crippen LogP contribution in [0.4, 0.5) is 0 Å². The van der Waals surface area contributed by atoms with Crippen LogP contribution in [0.3, 0.4) is 0 Å². The molecule has 2 aliphatic carbocycles. The van der Waals surface area contributed by atoms with Crippen LogP contribution in [0.2, 0.25) is 0 Å². The van der Waals surface area contributed by atoms with Gasteiger partial charge in [-0.1, -0.05) is 19.8 Å². The van der Waals surface area contributed by atoms with Gasteiger partial charge in [0, 0.05) is 5.92 Å². The number of rotatable bonds is 1. The quantitative estimate of drug-likeness (QED) is 0.606. The van der Waals surface area contributed by atoms with E-state index in [9.17, 15) is 4.79 Å². The predicted molar refractivity (Wildman–Crippen MR) is 42.7 cm³/mol. The van der Waals surface area contributed by atoms with E-state index in [1.54, 1.807) is 0 Å². The van der Waals surface area contributed by atoms with Crippen LogP contribution in [0.15, 0.2) is 0 Å². The molecule has 2 aliphatic rings. The summed E-state index contributed by atoms with van der Waals surface area (Å²) in [6.45, 7) is 2.17. The number of carbonyl (C=O) groups is 1. The van der Waals surface area contributed by atoms with Gasteiger partial charge in [-0.15, -0.1) is 0 Å². The van der Waals surface area contributed by atoms with Gasteiger partial charge >= 0.3 is 0 Å². The Morgan fingerprint density at radius 2 is 2.00 bits per heavy atom. The number of carbonyl (C=O) groups excluding carboxylic acids is 1. The molecule has 1 amide bonds. The average molecular weight is 153 g/mol. The average Bonchev–Trinajstić information content (AvgIpc) is 2.38. The number of primary amides is 1. The van der Waals surface area contributed by atoms with Crippen molar-refractivity contribution in [2.75, 3.05) is 0 Å². The highest BCUT2D eigenvalue weighted by molar-refractivity contribution is 5.81. The smallest absolute Gasteiger partial charge is 0.221 e. The molecule has 2 N–H and O–H groups in total. The summed E-state index contributed by atoms with van der Waals surface area (Å²) in [4.78, 5) is 11.0. The third-order valence-electron chi connectivity index (χ3n) is 3.76. The van der Waals surface area contributed by atoms with Gasteiger partial charge in [-0.2, -0.15) is 0 Å². The Balaban J connectivity index is 2.13. The topological polar surface area (TPSA) is 43.1 Å². The zero-order valence-electron chi connectivity index (χ0n) is 6.97. The molecule has 0 radical (unpaired) electrons. The minimum atomic E-state index is -0.0700. The Bertz CT molecular complexity index is 194. The Morgan fingerprint density at radius 1 is 1.45 bits per heavy atom. The maximum absolute atomic E-state index is 11.0. The van der Waals surface area contributed by atoms with Crippen LogP contribution < -0.4 is 5.73 Å². The van der Waals surface area contributed by atoms with Crippen molar-refractivity contribution in [1.29, 1.82) is 0 Å². The van der Waals surface area contributed by atoms with Gasteiger partial charge in [0.05, 0.1) is 0 Å². The van der Waals surface area contributed by atoms with Crippen molar-refractivity contribution in [2.24, 2.45) is 23.0 Å². The van der Waals surface area contributed by atoms with E-state index in [1.807, 2.05) is 0 Å². The largest absolute Gasteiger partial charge is 0.369 e. The van der Waals surface area contributed by atoms with Crippen LogP contribution in [-0.4, -0.2) is 5.91 Å². The van der Waals surface area contributed by atoms with E-state index in [4.69, 9.17) is 5.73 Å². The number of nitrogens with two attached hydrogens (primary N) is 1. The molecule has 2 saturated carbocycles. The number of hydrogen-bond donors (Lipinski definition) is 1. The van der Waals surface area contributed by atoms with Gasteiger partial charge in [0.15, 0.2) is 0 Å². The van der Waals surface area contributed by atoms with Gasteiger partial charge in [-0.3, -0.25) is 4.79 Å². The van der Waals surface area contributed by atoms with Crippen molar-refractivity contribution in [3.05, 3.63) is 0 Å². The van der Waals surface area contributed by atoms with Crippen molar-refractivity contribution in [3.63, 3.8) is 0 Å². The molecule has 2 rings (SSSR count). The van der Waals surface area contributed by atoms with Crippen LogP contribution in [0.1, 0.15) is 32.6 Å². The standard InChI is InChI=1S/C9H15NO/c1-6-7(8(10)11)9(6)4-2-3-5-9/h6-7H,2-5H2,1H3,(H2,10,11). The molecule has 0 saturated heterocycles. The first kappa shape index (κ1) is 7.14. The second-order valence-electron chi connectivity index (χ2n) is 4.11. The molecule has 0 aliphatic heterocycles. The third-order valence-corrected chi connectivity index (χ3v) is 3.76. The highest BCUT2D eigenvalue weighted by Gasteiger charge is 2.64. The van der Waals surface area contributed by atoms with Crippen molar-refractivity contribution in [3.8, 4) is 0 Å². The van der Waals surface area contributed by atoms with Gasteiger partial charge in [0.25, 0.3) is 0 Å². The van der Waals surface area contributed by atoms with E-state index in [1.165, 1.54) is 25.7 Å². The zero-order valence-corrected chi connectivity index (χ0v) is 6.97. The molecule has 0 bridgehead atoms. The van der Waals surface area contributed by atoms with Crippen molar-refractivity contribution in [2.45, 2.75) is 32.6 Å². The molecular weight excluding hydrogens is 138 g/mol. The van der Waals surface area contributed by atoms with Gasteiger partial charge < -0.3 is 5.73 Å². The van der Waals surface area contributed by atoms with Gasteiger partial charge in [0.2, 0.25) is 5.91 Å². The van der Waals surface area contributed by atoms with E-state index in [-0.39, 0.29) is 11.8 Å². The van der Waals surface area contributed by atoms with E-state index >= 15 is 0 Å². The molecule has 0 aromatic heterocycles. The summed E-state index contributed by atoms with van der Waals surface area (Å²) in [5, 5.41) is 0. The Kier molecular flexibility index (Phi) is 1.29. The Labute approximate surface area is 67.1 Å². The Morgan fingerprint density at radius 3 is 2.36 bits per heavy atom. The summed E-state index contributed by atoms with van der Waals surface area (Å²) in [6.07, 6.45) is 5.08. The molecule has 11 heavy (non-hydrogen) atoms. The molecule has 0 aromatic rings. The minimum absolute atomic E-state index is 0.0700. The van der Waals surface area contributed by atoms with Crippen molar-refractivity contribution in [1.82, 2.24) is 0 Å². The summed E-state index contributed by atoms with van der Waals surface area (Å²) in [5.74, 6) is 0.715. The molecule has 1 spiro atoms. The van der Waals surface area contributed by atoms with Crippen molar-refractivity contribution < 1.29 is 4.79 Å². The molecule has 2 atom stereocenters. The van der Waals surface area contributed by atoms with Crippen LogP contribution >= 0.6 is 0 Å². The lowest BCUT2D eigenvalue weighted by atomic mass is 10.0. The second kappa shape index (κ2) is 1.99. The summed E-state index contributed by atoms with van der Waals surface area (Å²) < 4.78 is 0. The van der Waals surface area contributed by atoms with Crippen LogP contribution in [-0.2, 0) is 4.79 Å². The molecule has 2 unspecified atom stereocenters. The fraction of sp³-hybridized carbons (Fsp3) is 0.889. The van der Waals surface area contributed by atoms with E-state index in [0.717, 1.165) is 0 Å². The first-order chi connectivity index (χ1) is 5.18. The van der Waals surface area contributed by atoms with E-state index < -0.39 is 0 Å². The molecule has 2 nitrogen and oxygen atoms in total. The molecule has 0 heterocycles. The molecule has 0 aromatic carbocycles. The summed E-state index contributed by atoms with van der Waals surface area (Å²) >= 11 is 0. The van der Waals surface area contributed by atoms with Crippen LogP contribution in [0.5, 0.6) is 0 Å². The molecular formula is C9H15NO. The summed E-state index contributed by atoms with van der Waals surface area (Å²) in [5.41, 5.74) is 5.67. The normalized spacial score (nSPS) is 39.4. The number of hydrogen-bond acceptors (Lipinski definition) is 1. The summed E-state index contributed by atoms with van der Waals surface area (Å²) in [7, 11) is 0. The lowest BCUT2D eigenvalue weighted by molar-refractivity contribution is -0.120.